The topological polar surface area (TPSA) is 87.4 Å². The molecule has 1 aromatic rings. The number of carbonyl (C=O) groups excluding carboxylic acids is 1. The quantitative estimate of drug-likeness (QED) is 0.149. The van der Waals surface area contributed by atoms with Crippen LogP contribution in [-0.2, 0) is 9.59 Å². The summed E-state index contributed by atoms with van der Waals surface area (Å²) in [6.45, 7) is 5.53. The monoisotopic (exact) mass is 395 g/mol. The summed E-state index contributed by atoms with van der Waals surface area (Å²) in [5, 5.41) is 17.3. The van der Waals surface area contributed by atoms with Crippen LogP contribution in [0, 0.1) is 11.3 Å². The average molecular weight is 395 g/mol. The number of allylic oxidation sites excluding steroid dienone is 5. The van der Waals surface area contributed by atoms with Gasteiger partial charge in [0.05, 0.1) is 6.07 Å². The van der Waals surface area contributed by atoms with Crippen molar-refractivity contribution in [1.29, 1.82) is 5.26 Å². The number of benzene rings is 1. The van der Waals surface area contributed by atoms with Crippen LogP contribution in [0.4, 0.5) is 0 Å². The lowest BCUT2D eigenvalue weighted by atomic mass is 10.0. The lowest BCUT2D eigenvalue weighted by Gasteiger charge is -2.07. The molecule has 0 amide bonds. The molecule has 0 heterocycles. The Bertz CT molecular complexity index is 782. The number of carbonyl (C=O) groups is 2. The van der Waals surface area contributed by atoms with E-state index in [1.165, 1.54) is 0 Å². The van der Waals surface area contributed by atoms with Crippen molar-refractivity contribution in [3.8, 4) is 11.8 Å². The highest BCUT2D eigenvalue weighted by molar-refractivity contribution is 5.76. The molecule has 0 atom stereocenters. The zero-order valence-corrected chi connectivity index (χ0v) is 17.0. The van der Waals surface area contributed by atoms with Crippen molar-refractivity contribution in [2.24, 2.45) is 0 Å². The molecule has 5 heteroatoms. The fraction of sp³-hybridized carbons (Fsp3) is 0.375. The maximum Gasteiger partial charge on any atom is 0.311 e. The van der Waals surface area contributed by atoms with Crippen LogP contribution in [0.3, 0.4) is 0 Å². The van der Waals surface area contributed by atoms with Gasteiger partial charge in [-0.2, -0.15) is 5.26 Å². The predicted octanol–water partition coefficient (Wildman–Crippen LogP) is 5.84. The molecule has 0 bridgehead atoms. The summed E-state index contributed by atoms with van der Waals surface area (Å²) >= 11 is 0. The molecule has 0 aromatic heterocycles. The van der Waals surface area contributed by atoms with Crippen LogP contribution >= 0.6 is 0 Å². The number of hydrogen-bond acceptors (Lipinski definition) is 4. The molecule has 0 aliphatic rings. The molecule has 154 valence electrons. The molecular weight excluding hydrogens is 366 g/mol. The number of aliphatic carboxylic acids is 1. The minimum atomic E-state index is -0.746. The first-order valence-corrected chi connectivity index (χ1v) is 9.92. The number of rotatable bonds is 13. The van der Waals surface area contributed by atoms with Gasteiger partial charge in [0.15, 0.2) is 0 Å². The third kappa shape index (κ3) is 10.7. The van der Waals surface area contributed by atoms with E-state index in [1.807, 2.05) is 37.3 Å². The van der Waals surface area contributed by atoms with E-state index in [9.17, 15) is 9.59 Å². The van der Waals surface area contributed by atoms with Crippen LogP contribution in [0.15, 0.2) is 54.6 Å². The van der Waals surface area contributed by atoms with Crippen molar-refractivity contribution in [2.45, 2.75) is 58.3 Å². The maximum absolute atomic E-state index is 12.0. The van der Waals surface area contributed by atoms with Gasteiger partial charge in [0.2, 0.25) is 0 Å². The van der Waals surface area contributed by atoms with Gasteiger partial charge in [0, 0.05) is 18.4 Å². The van der Waals surface area contributed by atoms with Crippen LogP contribution in [-0.4, -0.2) is 17.0 Å². The second-order valence-corrected chi connectivity index (χ2v) is 6.73. The number of carboxylic acids is 1. The van der Waals surface area contributed by atoms with Gasteiger partial charge in [-0.15, -0.1) is 0 Å². The van der Waals surface area contributed by atoms with Crippen molar-refractivity contribution in [3.05, 3.63) is 60.2 Å². The largest absolute Gasteiger partial charge is 0.481 e. The van der Waals surface area contributed by atoms with Crippen LogP contribution in [0.25, 0.3) is 5.57 Å². The number of ether oxygens (including phenoxy) is 1. The predicted molar refractivity (Wildman–Crippen MR) is 114 cm³/mol. The summed E-state index contributed by atoms with van der Waals surface area (Å²) < 4.78 is 5.37. The molecule has 1 N–H and O–H groups in total. The molecule has 5 nitrogen and oxygen atoms in total. The maximum atomic E-state index is 12.0. The van der Waals surface area contributed by atoms with Gasteiger partial charge in [0.1, 0.15) is 5.75 Å². The summed E-state index contributed by atoms with van der Waals surface area (Å²) in [5.74, 6) is -0.488. The van der Waals surface area contributed by atoms with Gasteiger partial charge in [-0.25, -0.2) is 0 Å². The summed E-state index contributed by atoms with van der Waals surface area (Å²) in [7, 11) is 0. The SMILES string of the molecule is C=C(C#N)/C=C\C(=C/C)c1ccc(OC(=O)CCCCCCCCC(=O)O)cc1. The second-order valence-electron chi connectivity index (χ2n) is 6.73. The zero-order valence-electron chi connectivity index (χ0n) is 17.0. The molecule has 29 heavy (non-hydrogen) atoms. The Morgan fingerprint density at radius 2 is 1.62 bits per heavy atom. The van der Waals surface area contributed by atoms with Crippen molar-refractivity contribution in [1.82, 2.24) is 0 Å². The molecule has 0 saturated heterocycles. The molecule has 1 rings (SSSR count). The number of unbranched alkanes of at least 4 members (excludes halogenated alkanes) is 5. The minimum absolute atomic E-state index is 0.228. The van der Waals surface area contributed by atoms with E-state index in [2.05, 4.69) is 6.58 Å². The number of carboxylic acid groups (broad SMARTS) is 1. The van der Waals surface area contributed by atoms with Gasteiger partial charge in [-0.3, -0.25) is 9.59 Å². The van der Waals surface area contributed by atoms with E-state index in [0.29, 0.717) is 24.2 Å². The molecule has 0 saturated carbocycles. The number of hydrogen-bond donors (Lipinski definition) is 1. The van der Waals surface area contributed by atoms with E-state index >= 15 is 0 Å². The Morgan fingerprint density at radius 1 is 1.03 bits per heavy atom. The highest BCUT2D eigenvalue weighted by atomic mass is 16.5. The fourth-order valence-electron chi connectivity index (χ4n) is 2.74. The first-order chi connectivity index (χ1) is 14.0. The van der Waals surface area contributed by atoms with Crippen LogP contribution in [0.1, 0.15) is 63.9 Å². The van der Waals surface area contributed by atoms with Gasteiger partial charge >= 0.3 is 11.9 Å². The molecule has 0 spiro atoms. The van der Waals surface area contributed by atoms with Crippen molar-refractivity contribution in [3.63, 3.8) is 0 Å². The summed E-state index contributed by atoms with van der Waals surface area (Å²) in [4.78, 5) is 22.4. The summed E-state index contributed by atoms with van der Waals surface area (Å²) in [6, 6.07) is 9.23. The van der Waals surface area contributed by atoms with Gasteiger partial charge in [0.25, 0.3) is 0 Å². The molecule has 0 radical (unpaired) electrons. The lowest BCUT2D eigenvalue weighted by Crippen LogP contribution is -2.07. The number of nitriles is 1. The highest BCUT2D eigenvalue weighted by Crippen LogP contribution is 2.21. The third-order valence-electron chi connectivity index (χ3n) is 4.36. The standard InChI is InChI=1S/C24H29NO4/c1-3-20(13-12-19(2)18-25)21-14-16-22(17-15-21)29-24(28)11-9-7-5-4-6-8-10-23(26)27/h3,12-17H,2,4-11H2,1H3,(H,26,27)/b13-12-,20-3+. The Labute approximate surface area is 173 Å². The Kier molecular flexibility index (Phi) is 11.5. The zero-order chi connectivity index (χ0) is 21.5. The average Bonchev–Trinajstić information content (AvgIpc) is 2.71. The molecular formula is C24H29NO4. The third-order valence-corrected chi connectivity index (χ3v) is 4.36. The van der Waals surface area contributed by atoms with Crippen LogP contribution < -0.4 is 4.74 Å². The van der Waals surface area contributed by atoms with E-state index in [4.69, 9.17) is 15.1 Å². The first kappa shape index (κ1) is 23.9. The molecule has 0 aliphatic heterocycles. The second kappa shape index (κ2) is 14.0. The van der Waals surface area contributed by atoms with Crippen LogP contribution in [0.2, 0.25) is 0 Å². The van der Waals surface area contributed by atoms with E-state index in [-0.39, 0.29) is 12.4 Å². The Morgan fingerprint density at radius 3 is 2.17 bits per heavy atom. The van der Waals surface area contributed by atoms with Gasteiger partial charge in [-0.05, 0) is 49.1 Å². The van der Waals surface area contributed by atoms with E-state index in [0.717, 1.165) is 43.2 Å². The molecule has 1 aromatic carbocycles. The summed E-state index contributed by atoms with van der Waals surface area (Å²) in [6.07, 6.45) is 11.4. The smallest absolute Gasteiger partial charge is 0.311 e. The number of esters is 1. The Balaban J connectivity index is 2.34. The van der Waals surface area contributed by atoms with Crippen LogP contribution in [0.5, 0.6) is 5.75 Å². The van der Waals surface area contributed by atoms with Crippen molar-refractivity contribution in [2.75, 3.05) is 0 Å². The van der Waals surface area contributed by atoms with Gasteiger partial charge < -0.3 is 9.84 Å². The highest BCUT2D eigenvalue weighted by Gasteiger charge is 2.06. The van der Waals surface area contributed by atoms with Crippen molar-refractivity contribution < 1.29 is 19.4 Å². The summed E-state index contributed by atoms with van der Waals surface area (Å²) in [5.41, 5.74) is 2.29. The normalized spacial score (nSPS) is 11.2. The molecule has 0 fully saturated rings. The van der Waals surface area contributed by atoms with E-state index < -0.39 is 5.97 Å². The molecule has 0 aliphatic carbocycles. The van der Waals surface area contributed by atoms with E-state index in [1.54, 1.807) is 18.2 Å². The Hall–Kier alpha value is -3.13. The first-order valence-electron chi connectivity index (χ1n) is 9.92. The van der Waals surface area contributed by atoms with Crippen molar-refractivity contribution >= 4 is 17.5 Å². The number of nitrogens with zero attached hydrogens (tertiary/aromatic N) is 1. The fourth-order valence-corrected chi connectivity index (χ4v) is 2.74. The molecule has 0 unspecified atom stereocenters. The lowest BCUT2D eigenvalue weighted by molar-refractivity contribution is -0.137. The van der Waals surface area contributed by atoms with Gasteiger partial charge in [-0.1, -0.05) is 56.5 Å². The minimum Gasteiger partial charge on any atom is -0.481 e.